The van der Waals surface area contributed by atoms with Gasteiger partial charge in [0.1, 0.15) is 5.65 Å². The van der Waals surface area contributed by atoms with Crippen LogP contribution in [0.4, 0.5) is 0 Å². The molecule has 2 rings (SSSR count). The van der Waals surface area contributed by atoms with Crippen LogP contribution in [0.25, 0.3) is 11.0 Å². The second-order valence-corrected chi connectivity index (χ2v) is 3.85. The Morgan fingerprint density at radius 3 is 3.08 bits per heavy atom. The van der Waals surface area contributed by atoms with Gasteiger partial charge in [0.05, 0.1) is 9.50 Å². The predicted octanol–water partition coefficient (Wildman–Crippen LogP) is 3.29. The van der Waals surface area contributed by atoms with Gasteiger partial charge in [-0.05, 0) is 28.4 Å². The molecule has 0 fully saturated rings. The van der Waals surface area contributed by atoms with Crippen LogP contribution in [-0.2, 0) is 0 Å². The Morgan fingerprint density at radius 1 is 1.58 bits per heavy atom. The third kappa shape index (κ3) is 1.04. The van der Waals surface area contributed by atoms with E-state index in [9.17, 15) is 0 Å². The summed E-state index contributed by atoms with van der Waals surface area (Å²) in [5.41, 5.74) is 1.95. The quantitative estimate of drug-likeness (QED) is 0.758. The summed E-state index contributed by atoms with van der Waals surface area (Å²) in [6.07, 6.45) is 3.59. The first-order chi connectivity index (χ1) is 5.70. The van der Waals surface area contributed by atoms with Crippen molar-refractivity contribution in [2.45, 2.75) is 6.92 Å². The minimum absolute atomic E-state index is 0.721. The zero-order valence-electron chi connectivity index (χ0n) is 6.36. The maximum absolute atomic E-state index is 6.07. The van der Waals surface area contributed by atoms with Crippen molar-refractivity contribution in [3.05, 3.63) is 27.5 Å². The Morgan fingerprint density at radius 2 is 2.33 bits per heavy atom. The van der Waals surface area contributed by atoms with E-state index in [4.69, 9.17) is 11.6 Å². The number of fused-ring (bicyclic) bond motifs is 1. The van der Waals surface area contributed by atoms with Crippen LogP contribution in [0.1, 0.15) is 5.56 Å². The average Bonchev–Trinajstić information content (AvgIpc) is 2.41. The number of rotatable bonds is 0. The summed E-state index contributed by atoms with van der Waals surface area (Å²) >= 11 is 9.39. The molecular formula is C8H6BrClN2. The number of halogens is 2. The first-order valence-electron chi connectivity index (χ1n) is 3.48. The molecule has 2 nitrogen and oxygen atoms in total. The molecule has 12 heavy (non-hydrogen) atoms. The molecule has 0 aromatic carbocycles. The van der Waals surface area contributed by atoms with Gasteiger partial charge in [-0.25, -0.2) is 4.98 Å². The molecule has 0 amide bonds. The zero-order valence-corrected chi connectivity index (χ0v) is 8.70. The summed E-state index contributed by atoms with van der Waals surface area (Å²) in [7, 11) is 0. The molecule has 1 N–H and O–H groups in total. The molecule has 0 aliphatic carbocycles. The third-order valence-corrected chi connectivity index (χ3v) is 3.01. The SMILES string of the molecule is Cc1c[nH]c2ncc(Br)c(Cl)c12. The fourth-order valence-electron chi connectivity index (χ4n) is 1.18. The van der Waals surface area contributed by atoms with Crippen LogP contribution in [0.2, 0.25) is 5.02 Å². The molecule has 0 aliphatic rings. The number of H-pyrrole nitrogens is 1. The second-order valence-electron chi connectivity index (χ2n) is 2.62. The highest BCUT2D eigenvalue weighted by Crippen LogP contribution is 2.30. The summed E-state index contributed by atoms with van der Waals surface area (Å²) in [4.78, 5) is 7.22. The molecule has 0 aliphatic heterocycles. The predicted molar refractivity (Wildman–Crippen MR) is 53.5 cm³/mol. The normalized spacial score (nSPS) is 10.9. The van der Waals surface area contributed by atoms with E-state index in [0.29, 0.717) is 0 Å². The van der Waals surface area contributed by atoms with Crippen molar-refractivity contribution >= 4 is 38.6 Å². The third-order valence-electron chi connectivity index (χ3n) is 1.79. The van der Waals surface area contributed by atoms with Gasteiger partial charge >= 0.3 is 0 Å². The highest BCUT2D eigenvalue weighted by atomic mass is 79.9. The van der Waals surface area contributed by atoms with E-state index in [2.05, 4.69) is 25.9 Å². The standard InChI is InChI=1S/C8H6BrClN2/c1-4-2-11-8-6(4)7(10)5(9)3-12-8/h2-3H,1H3,(H,11,12). The fourth-order valence-corrected chi connectivity index (χ4v) is 1.77. The first-order valence-corrected chi connectivity index (χ1v) is 4.65. The monoisotopic (exact) mass is 244 g/mol. The smallest absolute Gasteiger partial charge is 0.139 e. The molecule has 0 unspecified atom stereocenters. The van der Waals surface area contributed by atoms with Crippen molar-refractivity contribution in [1.82, 2.24) is 9.97 Å². The van der Waals surface area contributed by atoms with Gasteiger partial charge in [0.15, 0.2) is 0 Å². The van der Waals surface area contributed by atoms with E-state index < -0.39 is 0 Å². The summed E-state index contributed by atoms with van der Waals surface area (Å²) in [6.45, 7) is 2.00. The molecular weight excluding hydrogens is 239 g/mol. The van der Waals surface area contributed by atoms with Crippen molar-refractivity contribution in [3.8, 4) is 0 Å². The van der Waals surface area contributed by atoms with Gasteiger partial charge in [0.2, 0.25) is 0 Å². The molecule has 0 atom stereocenters. The van der Waals surface area contributed by atoms with Gasteiger partial charge in [0.25, 0.3) is 0 Å². The Balaban J connectivity index is 2.96. The number of aryl methyl sites for hydroxylation is 1. The number of hydrogen-bond donors (Lipinski definition) is 1. The largest absolute Gasteiger partial charge is 0.346 e. The molecule has 0 radical (unpaired) electrons. The summed E-state index contributed by atoms with van der Waals surface area (Å²) < 4.78 is 0.833. The van der Waals surface area contributed by atoms with Crippen LogP contribution in [0.15, 0.2) is 16.9 Å². The second kappa shape index (κ2) is 2.75. The van der Waals surface area contributed by atoms with Crippen LogP contribution >= 0.6 is 27.5 Å². The molecule has 62 valence electrons. The maximum Gasteiger partial charge on any atom is 0.139 e. The number of hydrogen-bond acceptors (Lipinski definition) is 1. The Hall–Kier alpha value is -0.540. The molecule has 2 aromatic heterocycles. The highest BCUT2D eigenvalue weighted by molar-refractivity contribution is 9.10. The zero-order chi connectivity index (χ0) is 8.72. The minimum atomic E-state index is 0.721. The average molecular weight is 246 g/mol. The lowest BCUT2D eigenvalue weighted by atomic mass is 10.2. The summed E-state index contributed by atoms with van der Waals surface area (Å²) in [6, 6.07) is 0. The first kappa shape index (κ1) is 8.08. The van der Waals surface area contributed by atoms with Gasteiger partial charge in [-0.3, -0.25) is 0 Å². The molecule has 2 aromatic rings. The molecule has 2 heterocycles. The van der Waals surface area contributed by atoms with E-state index in [1.807, 2.05) is 13.1 Å². The molecule has 4 heteroatoms. The van der Waals surface area contributed by atoms with Crippen molar-refractivity contribution in [3.63, 3.8) is 0 Å². The molecule has 0 saturated heterocycles. The highest BCUT2D eigenvalue weighted by Gasteiger charge is 2.07. The van der Waals surface area contributed by atoms with E-state index in [0.717, 1.165) is 26.1 Å². The number of aromatic nitrogens is 2. The fraction of sp³-hybridized carbons (Fsp3) is 0.125. The number of pyridine rings is 1. The molecule has 0 saturated carbocycles. The van der Waals surface area contributed by atoms with Crippen molar-refractivity contribution in [2.75, 3.05) is 0 Å². The Labute approximate surface area is 83.1 Å². The molecule has 0 bridgehead atoms. The van der Waals surface area contributed by atoms with E-state index in [-0.39, 0.29) is 0 Å². The van der Waals surface area contributed by atoms with E-state index in [1.165, 1.54) is 0 Å². The topological polar surface area (TPSA) is 28.7 Å². The van der Waals surface area contributed by atoms with Gasteiger partial charge in [-0.2, -0.15) is 0 Å². The lowest BCUT2D eigenvalue weighted by molar-refractivity contribution is 1.31. The lowest BCUT2D eigenvalue weighted by Crippen LogP contribution is -1.78. The van der Waals surface area contributed by atoms with Crippen LogP contribution in [0.3, 0.4) is 0 Å². The number of nitrogens with one attached hydrogen (secondary N) is 1. The van der Waals surface area contributed by atoms with Crippen LogP contribution in [0.5, 0.6) is 0 Å². The van der Waals surface area contributed by atoms with Crippen molar-refractivity contribution in [1.29, 1.82) is 0 Å². The van der Waals surface area contributed by atoms with Crippen molar-refractivity contribution < 1.29 is 0 Å². The maximum atomic E-state index is 6.07. The van der Waals surface area contributed by atoms with E-state index in [1.54, 1.807) is 6.20 Å². The van der Waals surface area contributed by atoms with Gasteiger partial charge in [-0.1, -0.05) is 11.6 Å². The van der Waals surface area contributed by atoms with Gasteiger partial charge in [0, 0.05) is 17.8 Å². The summed E-state index contributed by atoms with van der Waals surface area (Å²) in [5, 5.41) is 1.71. The van der Waals surface area contributed by atoms with Crippen LogP contribution in [0, 0.1) is 6.92 Å². The summed E-state index contributed by atoms with van der Waals surface area (Å²) in [5.74, 6) is 0. The van der Waals surface area contributed by atoms with Crippen molar-refractivity contribution in [2.24, 2.45) is 0 Å². The van der Waals surface area contributed by atoms with Gasteiger partial charge < -0.3 is 4.98 Å². The lowest BCUT2D eigenvalue weighted by Gasteiger charge is -1.97. The van der Waals surface area contributed by atoms with E-state index >= 15 is 0 Å². The Bertz CT molecular complexity index is 436. The van der Waals surface area contributed by atoms with Crippen LogP contribution < -0.4 is 0 Å². The molecule has 0 spiro atoms. The van der Waals surface area contributed by atoms with Crippen LogP contribution in [-0.4, -0.2) is 9.97 Å². The Kier molecular flexibility index (Phi) is 1.85. The number of aromatic amines is 1. The van der Waals surface area contributed by atoms with Gasteiger partial charge in [-0.15, -0.1) is 0 Å². The minimum Gasteiger partial charge on any atom is -0.346 e. The number of nitrogens with zero attached hydrogens (tertiary/aromatic N) is 1.